The van der Waals surface area contributed by atoms with Crippen molar-refractivity contribution in [3.05, 3.63) is 22.7 Å². The molecule has 2 heterocycles. The lowest BCUT2D eigenvalue weighted by atomic mass is 10.0. The molecule has 0 aromatic carbocycles. The standard InChI is InChI=1S/C20H30N4O6/c1-2-3-4-5-6-7-8-11-29-20(28)23-16-9-10-24(19(27)22-16)18-14(12-21)17(26)15(13-25)30-18/h9-10,14-15,17-18,25-26H,2-8,11,13H2,1H3,(H,22,23,27,28)/t14-,15+,17-,18?/m0/s1. The van der Waals surface area contributed by atoms with Crippen molar-refractivity contribution in [2.45, 2.75) is 70.3 Å². The van der Waals surface area contributed by atoms with E-state index in [1.54, 1.807) is 0 Å². The predicted octanol–water partition coefficient (Wildman–Crippen LogP) is 1.93. The maximum Gasteiger partial charge on any atom is 0.412 e. The Morgan fingerprint density at radius 2 is 2.03 bits per heavy atom. The molecule has 4 atom stereocenters. The first-order valence-electron chi connectivity index (χ1n) is 10.4. The zero-order valence-corrected chi connectivity index (χ0v) is 17.2. The van der Waals surface area contributed by atoms with Gasteiger partial charge in [0.2, 0.25) is 0 Å². The summed E-state index contributed by atoms with van der Waals surface area (Å²) in [6.45, 7) is 1.98. The number of hydrogen-bond acceptors (Lipinski definition) is 8. The Labute approximate surface area is 175 Å². The van der Waals surface area contributed by atoms with Crippen LogP contribution in [0.1, 0.15) is 58.1 Å². The molecule has 1 aliphatic heterocycles. The Morgan fingerprint density at radius 3 is 2.67 bits per heavy atom. The molecule has 3 N–H and O–H groups in total. The van der Waals surface area contributed by atoms with Gasteiger partial charge in [-0.25, -0.2) is 9.59 Å². The van der Waals surface area contributed by atoms with E-state index in [0.717, 1.165) is 23.8 Å². The van der Waals surface area contributed by atoms with Gasteiger partial charge in [-0.1, -0.05) is 45.4 Å². The fourth-order valence-corrected chi connectivity index (χ4v) is 3.31. The topological polar surface area (TPSA) is 147 Å². The molecule has 1 aromatic rings. The number of amides is 1. The minimum atomic E-state index is -1.23. The highest BCUT2D eigenvalue weighted by atomic mass is 16.6. The number of aromatic nitrogens is 2. The summed E-state index contributed by atoms with van der Waals surface area (Å²) in [6.07, 6.45) is 5.09. The number of unbranched alkanes of at least 4 members (excludes halogenated alkanes) is 6. The molecule has 0 saturated carbocycles. The lowest BCUT2D eigenvalue weighted by molar-refractivity contribution is -0.0469. The van der Waals surface area contributed by atoms with Gasteiger partial charge in [-0.3, -0.25) is 9.88 Å². The van der Waals surface area contributed by atoms with Gasteiger partial charge in [0.25, 0.3) is 0 Å². The summed E-state index contributed by atoms with van der Waals surface area (Å²) in [5.74, 6) is -1.03. The van der Waals surface area contributed by atoms with Crippen molar-refractivity contribution in [3.8, 4) is 6.07 Å². The largest absolute Gasteiger partial charge is 0.449 e. The Bertz CT molecular complexity index is 777. The van der Waals surface area contributed by atoms with Gasteiger partial charge < -0.3 is 19.7 Å². The van der Waals surface area contributed by atoms with E-state index in [4.69, 9.17) is 9.47 Å². The molecule has 0 aliphatic carbocycles. The number of nitriles is 1. The number of aliphatic hydroxyl groups excluding tert-OH is 2. The van der Waals surface area contributed by atoms with E-state index in [2.05, 4.69) is 17.2 Å². The van der Waals surface area contributed by atoms with E-state index < -0.39 is 42.7 Å². The van der Waals surface area contributed by atoms with Gasteiger partial charge >= 0.3 is 11.8 Å². The summed E-state index contributed by atoms with van der Waals surface area (Å²) in [5.41, 5.74) is -0.768. The molecular weight excluding hydrogens is 392 g/mol. The van der Waals surface area contributed by atoms with Gasteiger partial charge in [0.15, 0.2) is 6.23 Å². The average molecular weight is 422 g/mol. The van der Waals surface area contributed by atoms with Gasteiger partial charge in [0.05, 0.1) is 19.3 Å². The molecule has 166 valence electrons. The van der Waals surface area contributed by atoms with E-state index in [9.17, 15) is 25.1 Å². The monoisotopic (exact) mass is 422 g/mol. The van der Waals surface area contributed by atoms with Gasteiger partial charge in [0, 0.05) is 6.20 Å². The van der Waals surface area contributed by atoms with E-state index in [0.29, 0.717) is 0 Å². The highest BCUT2D eigenvalue weighted by Crippen LogP contribution is 2.33. The molecule has 1 aromatic heterocycles. The van der Waals surface area contributed by atoms with Crippen molar-refractivity contribution in [1.82, 2.24) is 9.55 Å². The van der Waals surface area contributed by atoms with Crippen molar-refractivity contribution >= 4 is 11.9 Å². The zero-order valence-electron chi connectivity index (χ0n) is 17.2. The molecule has 0 spiro atoms. The van der Waals surface area contributed by atoms with E-state index in [1.807, 2.05) is 6.07 Å². The van der Waals surface area contributed by atoms with Crippen LogP contribution in [0, 0.1) is 17.2 Å². The van der Waals surface area contributed by atoms with Crippen LogP contribution in [0.4, 0.5) is 10.6 Å². The normalized spacial score (nSPS) is 23.1. The number of carbonyl (C=O) groups is 1. The van der Waals surface area contributed by atoms with Crippen molar-refractivity contribution in [2.24, 2.45) is 5.92 Å². The lowest BCUT2D eigenvalue weighted by Gasteiger charge is -2.16. The summed E-state index contributed by atoms with van der Waals surface area (Å²) in [7, 11) is 0. The van der Waals surface area contributed by atoms with Crippen molar-refractivity contribution in [3.63, 3.8) is 0 Å². The van der Waals surface area contributed by atoms with Crippen molar-refractivity contribution in [1.29, 1.82) is 5.26 Å². The number of nitrogens with one attached hydrogen (secondary N) is 1. The van der Waals surface area contributed by atoms with Gasteiger partial charge in [-0.05, 0) is 12.5 Å². The SMILES string of the molecule is CCCCCCCCCOC(=O)Nc1ccn(C2O[C@H](CO)[C@@H](O)[C@@H]2C#N)c(=O)n1. The summed E-state index contributed by atoms with van der Waals surface area (Å²) in [6, 6.07) is 3.25. The maximum absolute atomic E-state index is 12.3. The summed E-state index contributed by atoms with van der Waals surface area (Å²) < 4.78 is 11.5. The van der Waals surface area contributed by atoms with Crippen LogP contribution >= 0.6 is 0 Å². The minimum absolute atomic E-state index is 0.00609. The van der Waals surface area contributed by atoms with Crippen LogP contribution in [0.5, 0.6) is 0 Å². The molecule has 1 unspecified atom stereocenters. The van der Waals surface area contributed by atoms with Crippen molar-refractivity contribution in [2.75, 3.05) is 18.5 Å². The van der Waals surface area contributed by atoms with Crippen LogP contribution in [-0.2, 0) is 9.47 Å². The molecule has 1 fully saturated rings. The Kier molecular flexibility index (Phi) is 9.73. The summed E-state index contributed by atoms with van der Waals surface area (Å²) in [5, 5.41) is 30.9. The second kappa shape index (κ2) is 12.3. The Balaban J connectivity index is 1.82. The predicted molar refractivity (Wildman–Crippen MR) is 108 cm³/mol. The highest BCUT2D eigenvalue weighted by molar-refractivity contribution is 5.83. The van der Waals surface area contributed by atoms with Crippen LogP contribution < -0.4 is 11.0 Å². The van der Waals surface area contributed by atoms with Gasteiger partial charge in [0.1, 0.15) is 23.9 Å². The van der Waals surface area contributed by atoms with E-state index in [-0.39, 0.29) is 12.4 Å². The number of aliphatic hydroxyl groups is 2. The molecule has 0 radical (unpaired) electrons. The fraction of sp³-hybridized carbons (Fsp3) is 0.700. The number of anilines is 1. The molecule has 1 amide bonds. The van der Waals surface area contributed by atoms with Gasteiger partial charge in [-0.15, -0.1) is 0 Å². The fourth-order valence-electron chi connectivity index (χ4n) is 3.31. The van der Waals surface area contributed by atoms with Crippen LogP contribution in [0.2, 0.25) is 0 Å². The number of nitrogens with zero attached hydrogens (tertiary/aromatic N) is 3. The third-order valence-corrected chi connectivity index (χ3v) is 5.01. The Morgan fingerprint density at radius 1 is 1.33 bits per heavy atom. The van der Waals surface area contributed by atoms with E-state index >= 15 is 0 Å². The third-order valence-electron chi connectivity index (χ3n) is 5.01. The third kappa shape index (κ3) is 6.52. The molecule has 10 heteroatoms. The minimum Gasteiger partial charge on any atom is -0.449 e. The zero-order chi connectivity index (χ0) is 21.9. The second-order valence-electron chi connectivity index (χ2n) is 7.28. The summed E-state index contributed by atoms with van der Waals surface area (Å²) in [4.78, 5) is 27.9. The molecule has 0 bridgehead atoms. The second-order valence-corrected chi connectivity index (χ2v) is 7.28. The molecule has 1 saturated heterocycles. The number of rotatable bonds is 11. The van der Waals surface area contributed by atoms with Crippen LogP contribution in [0.3, 0.4) is 0 Å². The van der Waals surface area contributed by atoms with E-state index in [1.165, 1.54) is 37.9 Å². The number of hydrogen-bond donors (Lipinski definition) is 3. The first-order chi connectivity index (χ1) is 14.5. The van der Waals surface area contributed by atoms with Gasteiger partial charge in [-0.2, -0.15) is 10.2 Å². The maximum atomic E-state index is 12.3. The summed E-state index contributed by atoms with van der Waals surface area (Å²) >= 11 is 0. The van der Waals surface area contributed by atoms with Crippen molar-refractivity contribution < 1.29 is 24.5 Å². The van der Waals surface area contributed by atoms with Crippen LogP contribution in [0.25, 0.3) is 0 Å². The smallest absolute Gasteiger partial charge is 0.412 e. The lowest BCUT2D eigenvalue weighted by Crippen LogP contribution is -2.32. The molecular formula is C20H30N4O6. The average Bonchev–Trinajstić information content (AvgIpc) is 3.05. The van der Waals surface area contributed by atoms with Crippen LogP contribution in [0.15, 0.2) is 17.1 Å². The molecule has 1 aliphatic rings. The molecule has 10 nitrogen and oxygen atoms in total. The quantitative estimate of drug-likeness (QED) is 0.458. The Hall–Kier alpha value is -2.48. The molecule has 2 rings (SSSR count). The number of carbonyl (C=O) groups excluding carboxylic acids is 1. The number of ether oxygens (including phenoxy) is 2. The molecule has 30 heavy (non-hydrogen) atoms. The first kappa shape index (κ1) is 23.8. The van der Waals surface area contributed by atoms with Crippen LogP contribution in [-0.4, -0.2) is 51.3 Å². The first-order valence-corrected chi connectivity index (χ1v) is 10.4. The highest BCUT2D eigenvalue weighted by Gasteiger charge is 2.45.